The van der Waals surface area contributed by atoms with Gasteiger partial charge in [0.25, 0.3) is 5.91 Å². The Kier molecular flexibility index (Phi) is 4.39. The number of aromatic nitrogens is 5. The van der Waals surface area contributed by atoms with Crippen molar-refractivity contribution in [3.05, 3.63) is 28.1 Å². The molecular formula is C10H12BrN7O. The molecule has 0 saturated carbocycles. The third-order valence-electron chi connectivity index (χ3n) is 2.24. The first-order valence-electron chi connectivity index (χ1n) is 5.60. The van der Waals surface area contributed by atoms with E-state index >= 15 is 0 Å². The molecule has 100 valence electrons. The molecular weight excluding hydrogens is 314 g/mol. The molecule has 0 aliphatic heterocycles. The lowest BCUT2D eigenvalue weighted by atomic mass is 10.2. The van der Waals surface area contributed by atoms with Gasteiger partial charge in [0.05, 0.1) is 12.1 Å². The van der Waals surface area contributed by atoms with Crippen molar-refractivity contribution >= 4 is 27.7 Å². The molecule has 0 aliphatic carbocycles. The van der Waals surface area contributed by atoms with Crippen molar-refractivity contribution in [2.75, 3.05) is 11.9 Å². The first kappa shape index (κ1) is 13.4. The predicted octanol–water partition coefficient (Wildman–Crippen LogP) is 0.719. The molecule has 3 N–H and O–H groups in total. The maximum absolute atomic E-state index is 12.1. The van der Waals surface area contributed by atoms with Crippen LogP contribution in [0.25, 0.3) is 0 Å². The highest BCUT2D eigenvalue weighted by Gasteiger charge is 2.13. The number of H-pyrrole nitrogens is 1. The summed E-state index contributed by atoms with van der Waals surface area (Å²) < 4.78 is 0.735. The monoisotopic (exact) mass is 325 g/mol. The van der Waals surface area contributed by atoms with Crippen molar-refractivity contribution in [1.29, 1.82) is 0 Å². The molecule has 2 heterocycles. The number of anilines is 1. The second-order valence-corrected chi connectivity index (χ2v) is 4.51. The van der Waals surface area contributed by atoms with Gasteiger partial charge in [-0.2, -0.15) is 5.21 Å². The maximum Gasteiger partial charge on any atom is 0.255 e. The Labute approximate surface area is 117 Å². The molecule has 8 nitrogen and oxygen atoms in total. The second kappa shape index (κ2) is 6.23. The predicted molar refractivity (Wildman–Crippen MR) is 71.4 cm³/mol. The van der Waals surface area contributed by atoms with E-state index < -0.39 is 0 Å². The quantitative estimate of drug-likeness (QED) is 0.747. The van der Waals surface area contributed by atoms with Crippen LogP contribution in [0.15, 0.2) is 16.7 Å². The van der Waals surface area contributed by atoms with Crippen LogP contribution in [0.2, 0.25) is 0 Å². The number of amides is 1. The molecule has 0 spiro atoms. The van der Waals surface area contributed by atoms with Gasteiger partial charge in [-0.3, -0.25) is 4.79 Å². The van der Waals surface area contributed by atoms with E-state index in [1.165, 1.54) is 0 Å². The Morgan fingerprint density at radius 2 is 2.37 bits per heavy atom. The van der Waals surface area contributed by atoms with E-state index in [0.29, 0.717) is 23.8 Å². The van der Waals surface area contributed by atoms with Gasteiger partial charge in [-0.15, -0.1) is 10.2 Å². The van der Waals surface area contributed by atoms with Crippen molar-refractivity contribution in [2.24, 2.45) is 0 Å². The first-order valence-corrected chi connectivity index (χ1v) is 6.40. The summed E-state index contributed by atoms with van der Waals surface area (Å²) in [5.74, 6) is 0.701. The van der Waals surface area contributed by atoms with Gasteiger partial charge in [0.15, 0.2) is 5.82 Å². The number of carbonyl (C=O) groups excluding carboxylic acids is 1. The Morgan fingerprint density at radius 1 is 1.53 bits per heavy atom. The van der Waals surface area contributed by atoms with Crippen molar-refractivity contribution in [1.82, 2.24) is 30.9 Å². The lowest BCUT2D eigenvalue weighted by molar-refractivity contribution is 0.0950. The van der Waals surface area contributed by atoms with Crippen LogP contribution in [0.4, 0.5) is 5.82 Å². The number of hydrogen-bond donors (Lipinski definition) is 3. The van der Waals surface area contributed by atoms with Crippen LogP contribution in [-0.4, -0.2) is 38.1 Å². The van der Waals surface area contributed by atoms with Crippen molar-refractivity contribution in [2.45, 2.75) is 13.5 Å². The van der Waals surface area contributed by atoms with Crippen LogP contribution in [-0.2, 0) is 6.54 Å². The number of rotatable bonds is 5. The molecule has 9 heteroatoms. The highest BCUT2D eigenvalue weighted by atomic mass is 79.9. The fourth-order valence-corrected chi connectivity index (χ4v) is 1.76. The first-order chi connectivity index (χ1) is 9.20. The Morgan fingerprint density at radius 3 is 3.05 bits per heavy atom. The molecule has 0 atom stereocenters. The number of halogens is 1. The normalized spacial score (nSPS) is 10.2. The highest BCUT2D eigenvalue weighted by molar-refractivity contribution is 9.10. The molecule has 2 aromatic rings. The topological polar surface area (TPSA) is 108 Å². The molecule has 19 heavy (non-hydrogen) atoms. The van der Waals surface area contributed by atoms with E-state index in [1.807, 2.05) is 6.92 Å². The van der Waals surface area contributed by atoms with Gasteiger partial charge in [-0.1, -0.05) is 5.21 Å². The molecule has 0 aromatic carbocycles. The minimum absolute atomic E-state index is 0.202. The number of nitrogens with zero attached hydrogens (tertiary/aromatic N) is 4. The fraction of sp³-hybridized carbons (Fsp3) is 0.300. The summed E-state index contributed by atoms with van der Waals surface area (Å²) in [5.41, 5.74) is 0.458. The second-order valence-electron chi connectivity index (χ2n) is 3.59. The molecule has 0 fully saturated rings. The number of aromatic amines is 1. The zero-order valence-corrected chi connectivity index (χ0v) is 11.7. The van der Waals surface area contributed by atoms with Gasteiger partial charge in [0.2, 0.25) is 0 Å². The van der Waals surface area contributed by atoms with Gasteiger partial charge in [-0.25, -0.2) is 4.98 Å². The van der Waals surface area contributed by atoms with Crippen LogP contribution in [0.5, 0.6) is 0 Å². The lowest BCUT2D eigenvalue weighted by Gasteiger charge is -2.09. The standard InChI is InChI=1S/C10H12BrN7O/c1-2-12-9-7(3-6(11)4-13-9)10(19)14-5-8-15-17-18-16-8/h3-4H,2,5H2,1H3,(H,12,13)(H,14,19)(H,15,16,17,18). The maximum atomic E-state index is 12.1. The average molecular weight is 326 g/mol. The van der Waals surface area contributed by atoms with Crippen molar-refractivity contribution < 1.29 is 4.79 Å². The average Bonchev–Trinajstić information content (AvgIpc) is 2.91. The lowest BCUT2D eigenvalue weighted by Crippen LogP contribution is -2.25. The van der Waals surface area contributed by atoms with E-state index in [2.05, 4.69) is 52.2 Å². The molecule has 0 unspecified atom stereocenters. The van der Waals surface area contributed by atoms with Crippen LogP contribution >= 0.6 is 15.9 Å². The third-order valence-corrected chi connectivity index (χ3v) is 2.67. The summed E-state index contributed by atoms with van der Waals surface area (Å²) in [6.07, 6.45) is 1.63. The SMILES string of the molecule is CCNc1ncc(Br)cc1C(=O)NCc1nn[nH]n1. The third kappa shape index (κ3) is 3.47. The van der Waals surface area contributed by atoms with Crippen LogP contribution in [0, 0.1) is 0 Å². The summed E-state index contributed by atoms with van der Waals surface area (Å²) in [7, 11) is 0. The van der Waals surface area contributed by atoms with E-state index in [9.17, 15) is 4.79 Å². The number of hydrogen-bond acceptors (Lipinski definition) is 6. The van der Waals surface area contributed by atoms with Gasteiger partial charge in [0.1, 0.15) is 5.82 Å². The summed E-state index contributed by atoms with van der Waals surface area (Å²) >= 11 is 3.30. The number of pyridine rings is 1. The Balaban J connectivity index is 2.11. The summed E-state index contributed by atoms with van der Waals surface area (Å²) in [6.45, 7) is 2.82. The minimum Gasteiger partial charge on any atom is -0.370 e. The molecule has 0 aliphatic rings. The zero-order chi connectivity index (χ0) is 13.7. The van der Waals surface area contributed by atoms with E-state index in [4.69, 9.17) is 0 Å². The largest absolute Gasteiger partial charge is 0.370 e. The van der Waals surface area contributed by atoms with Gasteiger partial charge >= 0.3 is 0 Å². The summed E-state index contributed by atoms with van der Waals surface area (Å²) in [6, 6.07) is 1.70. The smallest absolute Gasteiger partial charge is 0.255 e. The molecule has 0 bridgehead atoms. The summed E-state index contributed by atoms with van der Waals surface area (Å²) in [5, 5.41) is 19.0. The molecule has 1 amide bonds. The van der Waals surface area contributed by atoms with Crippen LogP contribution < -0.4 is 10.6 Å². The van der Waals surface area contributed by atoms with E-state index in [-0.39, 0.29) is 12.5 Å². The van der Waals surface area contributed by atoms with E-state index in [0.717, 1.165) is 4.47 Å². The molecule has 2 aromatic heterocycles. The molecule has 0 saturated heterocycles. The Bertz CT molecular complexity index is 557. The van der Waals surface area contributed by atoms with Crippen LogP contribution in [0.3, 0.4) is 0 Å². The van der Waals surface area contributed by atoms with E-state index in [1.54, 1.807) is 12.3 Å². The van der Waals surface area contributed by atoms with Gasteiger partial charge < -0.3 is 10.6 Å². The van der Waals surface area contributed by atoms with Crippen molar-refractivity contribution in [3.8, 4) is 0 Å². The molecule has 0 radical (unpaired) electrons. The highest BCUT2D eigenvalue weighted by Crippen LogP contribution is 2.17. The molecule has 2 rings (SSSR count). The van der Waals surface area contributed by atoms with Gasteiger partial charge in [0, 0.05) is 17.2 Å². The van der Waals surface area contributed by atoms with Gasteiger partial charge in [-0.05, 0) is 28.9 Å². The summed E-state index contributed by atoms with van der Waals surface area (Å²) in [4.78, 5) is 16.3. The minimum atomic E-state index is -0.255. The fourth-order valence-electron chi connectivity index (χ4n) is 1.43. The van der Waals surface area contributed by atoms with Crippen molar-refractivity contribution in [3.63, 3.8) is 0 Å². The zero-order valence-electron chi connectivity index (χ0n) is 10.1. The number of nitrogens with one attached hydrogen (secondary N) is 3. The Hall–Kier alpha value is -2.03. The number of carbonyl (C=O) groups is 1. The number of tetrazole rings is 1. The van der Waals surface area contributed by atoms with Crippen LogP contribution in [0.1, 0.15) is 23.1 Å².